The highest BCUT2D eigenvalue weighted by Crippen LogP contribution is 2.09. The number of nitrogens with zero attached hydrogens (tertiary/aromatic N) is 3. The van der Waals surface area contributed by atoms with Gasteiger partial charge in [-0.25, -0.2) is 4.98 Å². The second kappa shape index (κ2) is 5.94. The van der Waals surface area contributed by atoms with Gasteiger partial charge in [0.15, 0.2) is 0 Å². The van der Waals surface area contributed by atoms with Gasteiger partial charge in [-0.1, -0.05) is 18.1 Å². The van der Waals surface area contributed by atoms with Crippen molar-refractivity contribution in [3.63, 3.8) is 0 Å². The number of hydrogen-bond acceptors (Lipinski definition) is 6. The summed E-state index contributed by atoms with van der Waals surface area (Å²) in [6.45, 7) is 4.51. The van der Waals surface area contributed by atoms with Crippen LogP contribution in [0.15, 0.2) is 22.6 Å². The van der Waals surface area contributed by atoms with E-state index in [2.05, 4.69) is 32.7 Å². The van der Waals surface area contributed by atoms with Gasteiger partial charge in [0, 0.05) is 13.5 Å². The van der Waals surface area contributed by atoms with Crippen LogP contribution in [-0.2, 0) is 0 Å². The van der Waals surface area contributed by atoms with Gasteiger partial charge in [0.1, 0.15) is 11.5 Å². The van der Waals surface area contributed by atoms with E-state index in [0.717, 1.165) is 13.0 Å². The summed E-state index contributed by atoms with van der Waals surface area (Å²) in [5.74, 6) is 0.668. The summed E-state index contributed by atoms with van der Waals surface area (Å²) in [6, 6.07) is 5.26. The second-order valence-corrected chi connectivity index (χ2v) is 3.92. The fraction of sp³-hybridized carbons (Fsp3) is 0.333. The third kappa shape index (κ3) is 3.51. The molecule has 0 radical (unpaired) electrons. The van der Waals surface area contributed by atoms with Crippen LogP contribution in [0.2, 0.25) is 0 Å². The van der Waals surface area contributed by atoms with Crippen molar-refractivity contribution >= 4 is 17.7 Å². The summed E-state index contributed by atoms with van der Waals surface area (Å²) in [5.41, 5.74) is 0.289. The van der Waals surface area contributed by atoms with Gasteiger partial charge in [0.25, 0.3) is 5.91 Å². The van der Waals surface area contributed by atoms with Crippen molar-refractivity contribution in [2.24, 2.45) is 0 Å². The third-order valence-electron chi connectivity index (χ3n) is 2.28. The summed E-state index contributed by atoms with van der Waals surface area (Å²) < 4.78 is 5.07. The van der Waals surface area contributed by atoms with Crippen molar-refractivity contribution in [2.45, 2.75) is 20.3 Å². The molecule has 7 heteroatoms. The van der Waals surface area contributed by atoms with Crippen molar-refractivity contribution < 1.29 is 9.21 Å². The number of nitrogens with one attached hydrogen (secondary N) is 2. The lowest BCUT2D eigenvalue weighted by Gasteiger charge is -2.05. The predicted octanol–water partition coefficient (Wildman–Crippen LogP) is 1.85. The van der Waals surface area contributed by atoms with E-state index in [1.54, 1.807) is 19.1 Å². The summed E-state index contributed by atoms with van der Waals surface area (Å²) in [5, 5.41) is 12.9. The lowest BCUT2D eigenvalue weighted by Crippen LogP contribution is -2.15. The SMILES string of the molecule is CCCNc1cccc(C(=O)Nc2nnc(C)o2)n1. The molecule has 0 spiro atoms. The molecule has 19 heavy (non-hydrogen) atoms. The summed E-state index contributed by atoms with van der Waals surface area (Å²) >= 11 is 0. The van der Waals surface area contributed by atoms with E-state index in [4.69, 9.17) is 4.42 Å². The lowest BCUT2D eigenvalue weighted by molar-refractivity contribution is 0.101. The minimum atomic E-state index is -0.385. The number of anilines is 2. The molecule has 2 aromatic rings. The van der Waals surface area contributed by atoms with E-state index in [-0.39, 0.29) is 17.6 Å². The second-order valence-electron chi connectivity index (χ2n) is 3.92. The van der Waals surface area contributed by atoms with Crippen molar-refractivity contribution in [2.75, 3.05) is 17.2 Å². The smallest absolute Gasteiger partial charge is 0.322 e. The van der Waals surface area contributed by atoms with E-state index in [0.29, 0.717) is 11.7 Å². The van der Waals surface area contributed by atoms with Crippen molar-refractivity contribution in [3.05, 3.63) is 29.8 Å². The molecule has 0 fully saturated rings. The topological polar surface area (TPSA) is 92.9 Å². The average Bonchev–Trinajstić information content (AvgIpc) is 2.82. The standard InChI is InChI=1S/C12H15N5O2/c1-3-7-13-10-6-4-5-9(14-10)11(18)15-12-17-16-8(2)19-12/h4-6H,3,7H2,1-2H3,(H,13,14)(H,15,17,18). The van der Waals surface area contributed by atoms with Crippen LogP contribution in [0, 0.1) is 6.92 Å². The van der Waals surface area contributed by atoms with Gasteiger partial charge in [-0.3, -0.25) is 10.1 Å². The van der Waals surface area contributed by atoms with Crippen molar-refractivity contribution in [1.29, 1.82) is 0 Å². The zero-order valence-corrected chi connectivity index (χ0v) is 10.8. The van der Waals surface area contributed by atoms with E-state index in [9.17, 15) is 4.79 Å². The van der Waals surface area contributed by atoms with Gasteiger partial charge >= 0.3 is 6.01 Å². The Morgan fingerprint density at radius 2 is 2.21 bits per heavy atom. The molecule has 2 N–H and O–H groups in total. The molecule has 7 nitrogen and oxygen atoms in total. The quantitative estimate of drug-likeness (QED) is 0.853. The van der Waals surface area contributed by atoms with Crippen LogP contribution in [0.3, 0.4) is 0 Å². The minimum Gasteiger partial charge on any atom is -0.408 e. The molecule has 0 bridgehead atoms. The molecule has 0 aliphatic carbocycles. The fourth-order valence-electron chi connectivity index (χ4n) is 1.42. The number of rotatable bonds is 5. The van der Waals surface area contributed by atoms with Gasteiger partial charge in [0.2, 0.25) is 5.89 Å². The van der Waals surface area contributed by atoms with Gasteiger partial charge < -0.3 is 9.73 Å². The molecule has 0 saturated heterocycles. The first kappa shape index (κ1) is 13.0. The Hall–Kier alpha value is -2.44. The largest absolute Gasteiger partial charge is 0.408 e. The Labute approximate surface area is 110 Å². The van der Waals surface area contributed by atoms with Crippen LogP contribution >= 0.6 is 0 Å². The Morgan fingerprint density at radius 3 is 2.89 bits per heavy atom. The molecule has 0 aromatic carbocycles. The normalized spacial score (nSPS) is 10.2. The van der Waals surface area contributed by atoms with Crippen LogP contribution in [0.25, 0.3) is 0 Å². The number of aromatic nitrogens is 3. The van der Waals surface area contributed by atoms with Crippen molar-refractivity contribution in [3.8, 4) is 0 Å². The highest BCUT2D eigenvalue weighted by Gasteiger charge is 2.11. The fourth-order valence-corrected chi connectivity index (χ4v) is 1.42. The summed E-state index contributed by atoms with van der Waals surface area (Å²) in [6.07, 6.45) is 0.985. The van der Waals surface area contributed by atoms with Crippen LogP contribution in [0.5, 0.6) is 0 Å². The van der Waals surface area contributed by atoms with E-state index >= 15 is 0 Å². The molecular weight excluding hydrogens is 246 g/mol. The maximum absolute atomic E-state index is 11.9. The molecule has 0 saturated carbocycles. The molecule has 0 unspecified atom stereocenters. The Morgan fingerprint density at radius 1 is 1.37 bits per heavy atom. The molecule has 2 heterocycles. The van der Waals surface area contributed by atoms with Gasteiger partial charge in [-0.05, 0) is 18.6 Å². The molecular formula is C12H15N5O2. The number of pyridine rings is 1. The monoisotopic (exact) mass is 261 g/mol. The number of aryl methyl sites for hydroxylation is 1. The average molecular weight is 261 g/mol. The minimum absolute atomic E-state index is 0.0659. The molecule has 0 atom stereocenters. The zero-order chi connectivity index (χ0) is 13.7. The number of hydrogen-bond donors (Lipinski definition) is 2. The van der Waals surface area contributed by atoms with Gasteiger partial charge in [0.05, 0.1) is 0 Å². The van der Waals surface area contributed by atoms with Crippen LogP contribution in [-0.4, -0.2) is 27.6 Å². The predicted molar refractivity (Wildman–Crippen MR) is 70.0 cm³/mol. The Balaban J connectivity index is 2.06. The summed E-state index contributed by atoms with van der Waals surface area (Å²) in [7, 11) is 0. The number of amides is 1. The number of carbonyl (C=O) groups excluding carboxylic acids is 1. The highest BCUT2D eigenvalue weighted by molar-refractivity contribution is 6.01. The van der Waals surface area contributed by atoms with Gasteiger partial charge in [-0.2, -0.15) is 0 Å². The highest BCUT2D eigenvalue weighted by atomic mass is 16.4. The molecule has 2 aromatic heterocycles. The maximum Gasteiger partial charge on any atom is 0.322 e. The van der Waals surface area contributed by atoms with Crippen molar-refractivity contribution in [1.82, 2.24) is 15.2 Å². The van der Waals surface area contributed by atoms with E-state index in [1.807, 2.05) is 6.07 Å². The third-order valence-corrected chi connectivity index (χ3v) is 2.28. The van der Waals surface area contributed by atoms with Crippen LogP contribution in [0.4, 0.5) is 11.8 Å². The first-order valence-electron chi connectivity index (χ1n) is 6.01. The van der Waals surface area contributed by atoms with E-state index < -0.39 is 0 Å². The summed E-state index contributed by atoms with van der Waals surface area (Å²) in [4.78, 5) is 16.1. The molecule has 2 rings (SSSR count). The molecule has 0 aliphatic rings. The van der Waals surface area contributed by atoms with Gasteiger partial charge in [-0.15, -0.1) is 5.10 Å². The molecule has 1 amide bonds. The van der Waals surface area contributed by atoms with Crippen LogP contribution in [0.1, 0.15) is 29.7 Å². The van der Waals surface area contributed by atoms with Crippen LogP contribution < -0.4 is 10.6 Å². The number of carbonyl (C=O) groups is 1. The Bertz CT molecular complexity index is 567. The zero-order valence-electron chi connectivity index (χ0n) is 10.8. The molecule has 0 aliphatic heterocycles. The van der Waals surface area contributed by atoms with E-state index in [1.165, 1.54) is 0 Å². The molecule has 100 valence electrons. The Kier molecular flexibility index (Phi) is 4.07. The first-order valence-corrected chi connectivity index (χ1v) is 6.01. The first-order chi connectivity index (χ1) is 9.19. The maximum atomic E-state index is 11.9. The lowest BCUT2D eigenvalue weighted by atomic mass is 10.3.